The summed E-state index contributed by atoms with van der Waals surface area (Å²) in [5.41, 5.74) is 2.98. The Morgan fingerprint density at radius 3 is 1.48 bits per heavy atom. The fourth-order valence-corrected chi connectivity index (χ4v) is 3.74. The van der Waals surface area contributed by atoms with E-state index in [2.05, 4.69) is 67.6 Å². The SMILES string of the molecule is CCCCCCCCCCC(Cc1ccccc1)Cc1ccccc1. The van der Waals surface area contributed by atoms with E-state index in [4.69, 9.17) is 0 Å². The van der Waals surface area contributed by atoms with E-state index in [1.165, 1.54) is 81.8 Å². The molecule has 0 bridgehead atoms. The molecule has 0 aliphatic heterocycles. The second-order valence-corrected chi connectivity index (χ2v) is 7.51. The molecule has 2 aromatic rings. The summed E-state index contributed by atoms with van der Waals surface area (Å²) >= 11 is 0. The molecule has 0 N–H and O–H groups in total. The van der Waals surface area contributed by atoms with Crippen LogP contribution in [0.5, 0.6) is 0 Å². The smallest absolute Gasteiger partial charge is 0.0247 e. The fraction of sp³-hybridized carbons (Fsp3) is 0.520. The topological polar surface area (TPSA) is 0 Å². The van der Waals surface area contributed by atoms with Gasteiger partial charge in [-0.2, -0.15) is 0 Å². The Kier molecular flexibility index (Phi) is 10.1. The molecule has 2 aromatic carbocycles. The van der Waals surface area contributed by atoms with Gasteiger partial charge in [0.05, 0.1) is 0 Å². The highest BCUT2D eigenvalue weighted by molar-refractivity contribution is 5.18. The number of hydrogen-bond acceptors (Lipinski definition) is 0. The average molecular weight is 337 g/mol. The summed E-state index contributed by atoms with van der Waals surface area (Å²) in [7, 11) is 0. The van der Waals surface area contributed by atoms with Crippen molar-refractivity contribution in [2.24, 2.45) is 5.92 Å². The minimum Gasteiger partial charge on any atom is -0.0654 e. The van der Waals surface area contributed by atoms with Crippen molar-refractivity contribution >= 4 is 0 Å². The van der Waals surface area contributed by atoms with E-state index in [1.54, 1.807) is 0 Å². The lowest BCUT2D eigenvalue weighted by atomic mass is 9.88. The maximum absolute atomic E-state index is 2.29. The molecule has 0 heteroatoms. The van der Waals surface area contributed by atoms with Crippen LogP contribution in [0.2, 0.25) is 0 Å². The molecule has 0 unspecified atom stereocenters. The second kappa shape index (κ2) is 12.8. The molecule has 25 heavy (non-hydrogen) atoms. The molecule has 0 heterocycles. The Morgan fingerprint density at radius 2 is 1.00 bits per heavy atom. The van der Waals surface area contributed by atoms with Gasteiger partial charge in [0, 0.05) is 0 Å². The van der Waals surface area contributed by atoms with Crippen LogP contribution < -0.4 is 0 Å². The van der Waals surface area contributed by atoms with Crippen molar-refractivity contribution in [2.45, 2.75) is 77.6 Å². The van der Waals surface area contributed by atoms with Gasteiger partial charge in [0.1, 0.15) is 0 Å². The van der Waals surface area contributed by atoms with Crippen LogP contribution in [0.15, 0.2) is 60.7 Å². The summed E-state index contributed by atoms with van der Waals surface area (Å²) in [6.07, 6.45) is 15.1. The fourth-order valence-electron chi connectivity index (χ4n) is 3.74. The van der Waals surface area contributed by atoms with Gasteiger partial charge in [0.2, 0.25) is 0 Å². The van der Waals surface area contributed by atoms with Gasteiger partial charge in [-0.05, 0) is 36.3 Å². The van der Waals surface area contributed by atoms with E-state index < -0.39 is 0 Å². The minimum atomic E-state index is 0.768. The van der Waals surface area contributed by atoms with Gasteiger partial charge in [0.25, 0.3) is 0 Å². The zero-order valence-electron chi connectivity index (χ0n) is 16.1. The Morgan fingerprint density at radius 1 is 0.560 bits per heavy atom. The van der Waals surface area contributed by atoms with E-state index in [-0.39, 0.29) is 0 Å². The highest BCUT2D eigenvalue weighted by Gasteiger charge is 2.10. The third-order valence-corrected chi connectivity index (χ3v) is 5.20. The number of rotatable bonds is 13. The molecule has 0 fully saturated rings. The third-order valence-electron chi connectivity index (χ3n) is 5.20. The van der Waals surface area contributed by atoms with E-state index in [0.29, 0.717) is 0 Å². The highest BCUT2D eigenvalue weighted by atomic mass is 14.2. The van der Waals surface area contributed by atoms with E-state index >= 15 is 0 Å². The summed E-state index contributed by atoms with van der Waals surface area (Å²) in [6, 6.07) is 22.1. The zero-order valence-corrected chi connectivity index (χ0v) is 16.1. The number of hydrogen-bond donors (Lipinski definition) is 0. The quantitative estimate of drug-likeness (QED) is 0.330. The maximum Gasteiger partial charge on any atom is -0.0247 e. The first-order chi connectivity index (χ1) is 12.4. The van der Waals surface area contributed by atoms with Gasteiger partial charge in [-0.1, -0.05) is 119 Å². The molecule has 0 saturated carbocycles. The van der Waals surface area contributed by atoms with Crippen LogP contribution in [0.25, 0.3) is 0 Å². The summed E-state index contributed by atoms with van der Waals surface area (Å²) in [5, 5.41) is 0. The van der Waals surface area contributed by atoms with Gasteiger partial charge >= 0.3 is 0 Å². The van der Waals surface area contributed by atoms with Gasteiger partial charge in [-0.3, -0.25) is 0 Å². The lowest BCUT2D eigenvalue weighted by molar-refractivity contribution is 0.444. The van der Waals surface area contributed by atoms with Gasteiger partial charge < -0.3 is 0 Å². The summed E-state index contributed by atoms with van der Waals surface area (Å²) in [4.78, 5) is 0. The van der Waals surface area contributed by atoms with Crippen molar-refractivity contribution in [3.8, 4) is 0 Å². The van der Waals surface area contributed by atoms with Gasteiger partial charge in [0.15, 0.2) is 0 Å². The van der Waals surface area contributed by atoms with Crippen molar-refractivity contribution in [1.82, 2.24) is 0 Å². The Labute approximate surface area is 155 Å². The van der Waals surface area contributed by atoms with Crippen molar-refractivity contribution < 1.29 is 0 Å². The normalized spacial score (nSPS) is 11.1. The van der Waals surface area contributed by atoms with Gasteiger partial charge in [-0.15, -0.1) is 0 Å². The highest BCUT2D eigenvalue weighted by Crippen LogP contribution is 2.21. The van der Waals surface area contributed by atoms with Gasteiger partial charge in [-0.25, -0.2) is 0 Å². The van der Waals surface area contributed by atoms with Crippen LogP contribution >= 0.6 is 0 Å². The maximum atomic E-state index is 2.29. The summed E-state index contributed by atoms with van der Waals surface area (Å²) in [6.45, 7) is 2.29. The molecular formula is C25H36. The Bertz CT molecular complexity index is 487. The predicted octanol–water partition coefficient (Wildman–Crippen LogP) is 7.62. The van der Waals surface area contributed by atoms with Crippen LogP contribution in [-0.2, 0) is 12.8 Å². The predicted molar refractivity (Wildman–Crippen MR) is 111 cm³/mol. The molecule has 0 spiro atoms. The second-order valence-electron chi connectivity index (χ2n) is 7.51. The van der Waals surface area contributed by atoms with Crippen LogP contribution in [0.4, 0.5) is 0 Å². The summed E-state index contributed by atoms with van der Waals surface area (Å²) < 4.78 is 0. The van der Waals surface area contributed by atoms with Crippen LogP contribution in [-0.4, -0.2) is 0 Å². The molecule has 0 atom stereocenters. The van der Waals surface area contributed by atoms with E-state index in [1.807, 2.05) is 0 Å². The average Bonchev–Trinajstić information content (AvgIpc) is 2.65. The molecule has 0 aliphatic carbocycles. The van der Waals surface area contributed by atoms with Crippen molar-refractivity contribution in [2.75, 3.05) is 0 Å². The van der Waals surface area contributed by atoms with Crippen molar-refractivity contribution in [1.29, 1.82) is 0 Å². The first kappa shape index (κ1) is 19.8. The van der Waals surface area contributed by atoms with E-state index in [9.17, 15) is 0 Å². The van der Waals surface area contributed by atoms with Crippen molar-refractivity contribution in [3.63, 3.8) is 0 Å². The van der Waals surface area contributed by atoms with Crippen LogP contribution in [0.3, 0.4) is 0 Å². The lowest BCUT2D eigenvalue weighted by Crippen LogP contribution is -2.08. The third kappa shape index (κ3) is 8.91. The molecule has 0 amide bonds. The van der Waals surface area contributed by atoms with E-state index in [0.717, 1.165) is 5.92 Å². The monoisotopic (exact) mass is 336 g/mol. The zero-order chi connectivity index (χ0) is 17.6. The number of unbranched alkanes of at least 4 members (excludes halogenated alkanes) is 7. The van der Waals surface area contributed by atoms with Crippen molar-refractivity contribution in [3.05, 3.63) is 71.8 Å². The summed E-state index contributed by atoms with van der Waals surface area (Å²) in [5.74, 6) is 0.768. The Balaban J connectivity index is 1.74. The largest absolute Gasteiger partial charge is 0.0654 e. The lowest BCUT2D eigenvalue weighted by Gasteiger charge is -2.17. The Hall–Kier alpha value is -1.56. The molecule has 0 aromatic heterocycles. The molecular weight excluding hydrogens is 300 g/mol. The first-order valence-corrected chi connectivity index (χ1v) is 10.5. The van der Waals surface area contributed by atoms with Crippen LogP contribution in [0.1, 0.15) is 75.8 Å². The molecule has 0 radical (unpaired) electrons. The first-order valence-electron chi connectivity index (χ1n) is 10.5. The standard InChI is InChI=1S/C25H36/c1-2-3-4-5-6-7-8-11-20-25(21-23-16-12-9-13-17-23)22-24-18-14-10-15-19-24/h9-10,12-19,25H,2-8,11,20-22H2,1H3. The molecule has 136 valence electrons. The number of benzene rings is 2. The molecule has 2 rings (SSSR count). The molecule has 0 nitrogen and oxygen atoms in total. The van der Waals surface area contributed by atoms with Crippen LogP contribution in [0, 0.1) is 5.92 Å². The minimum absolute atomic E-state index is 0.768. The molecule has 0 saturated heterocycles. The molecule has 0 aliphatic rings.